The van der Waals surface area contributed by atoms with E-state index in [0.717, 1.165) is 0 Å². The number of aliphatic hydroxyl groups is 1. The highest BCUT2D eigenvalue weighted by Crippen LogP contribution is 2.23. The van der Waals surface area contributed by atoms with Crippen molar-refractivity contribution in [2.45, 2.75) is 4.90 Å². The van der Waals surface area contributed by atoms with E-state index in [1.165, 1.54) is 28.6 Å². The van der Waals surface area contributed by atoms with E-state index in [1.807, 2.05) is 0 Å². The van der Waals surface area contributed by atoms with Gasteiger partial charge in [-0.15, -0.1) is 0 Å². The van der Waals surface area contributed by atoms with E-state index in [9.17, 15) is 8.42 Å². The highest BCUT2D eigenvalue weighted by molar-refractivity contribution is 7.92. The maximum atomic E-state index is 12.6. The molecule has 0 aromatic heterocycles. The van der Waals surface area contributed by atoms with Crippen molar-refractivity contribution >= 4 is 21.4 Å². The minimum absolute atomic E-state index is 0.00325. The third-order valence-corrected chi connectivity index (χ3v) is 4.66. The van der Waals surface area contributed by atoms with Gasteiger partial charge in [-0.05, 0) is 36.4 Å². The van der Waals surface area contributed by atoms with Gasteiger partial charge in [0.25, 0.3) is 10.0 Å². The Kier molecular flexibility index (Phi) is 4.26. The van der Waals surface area contributed by atoms with Crippen molar-refractivity contribution in [1.82, 2.24) is 0 Å². The Morgan fingerprint density at radius 1 is 1.00 bits per heavy atom. The van der Waals surface area contributed by atoms with E-state index in [1.54, 1.807) is 30.3 Å². The molecule has 0 aliphatic carbocycles. The van der Waals surface area contributed by atoms with Crippen molar-refractivity contribution in [2.75, 3.05) is 23.2 Å². The summed E-state index contributed by atoms with van der Waals surface area (Å²) in [7, 11) is -3.72. The topological polar surface area (TPSA) is 83.6 Å². The van der Waals surface area contributed by atoms with Crippen LogP contribution in [0.15, 0.2) is 59.5 Å². The second-order valence-electron chi connectivity index (χ2n) is 4.21. The number of benzene rings is 2. The van der Waals surface area contributed by atoms with Crippen LogP contribution in [0.3, 0.4) is 0 Å². The van der Waals surface area contributed by atoms with Gasteiger partial charge in [-0.25, -0.2) is 8.42 Å². The number of hydrogen-bond donors (Lipinski definition) is 2. The molecular formula is C14H16N2O3S. The van der Waals surface area contributed by atoms with E-state index >= 15 is 0 Å². The average molecular weight is 292 g/mol. The summed E-state index contributed by atoms with van der Waals surface area (Å²) in [5, 5.41) is 9.13. The van der Waals surface area contributed by atoms with Gasteiger partial charge in [0.05, 0.1) is 23.7 Å². The average Bonchev–Trinajstić information content (AvgIpc) is 2.46. The molecule has 0 spiro atoms. The summed E-state index contributed by atoms with van der Waals surface area (Å²) in [5.74, 6) is 0. The van der Waals surface area contributed by atoms with Gasteiger partial charge >= 0.3 is 0 Å². The zero-order valence-corrected chi connectivity index (χ0v) is 11.6. The lowest BCUT2D eigenvalue weighted by Gasteiger charge is -2.23. The van der Waals surface area contributed by atoms with Crippen molar-refractivity contribution < 1.29 is 13.5 Å². The number of nitrogen functional groups attached to an aromatic ring is 1. The molecule has 5 nitrogen and oxygen atoms in total. The van der Waals surface area contributed by atoms with Gasteiger partial charge in [0.15, 0.2) is 0 Å². The van der Waals surface area contributed by atoms with Crippen molar-refractivity contribution in [3.8, 4) is 0 Å². The van der Waals surface area contributed by atoms with Crippen molar-refractivity contribution in [1.29, 1.82) is 0 Å². The lowest BCUT2D eigenvalue weighted by Crippen LogP contribution is -2.33. The first-order valence-corrected chi connectivity index (χ1v) is 7.54. The number of aliphatic hydroxyl groups excluding tert-OH is 1. The molecule has 0 aliphatic heterocycles. The number of rotatable bonds is 5. The zero-order valence-electron chi connectivity index (χ0n) is 10.8. The van der Waals surface area contributed by atoms with Crippen LogP contribution in [0.25, 0.3) is 0 Å². The van der Waals surface area contributed by atoms with Gasteiger partial charge < -0.3 is 10.8 Å². The normalized spacial score (nSPS) is 11.2. The molecule has 2 aromatic rings. The Bertz CT molecular complexity index is 655. The van der Waals surface area contributed by atoms with Gasteiger partial charge in [-0.1, -0.05) is 18.2 Å². The summed E-state index contributed by atoms with van der Waals surface area (Å²) in [4.78, 5) is 0.143. The Morgan fingerprint density at radius 3 is 2.15 bits per heavy atom. The standard InChI is InChI=1S/C14H16N2O3S/c15-12-6-8-14(9-7-12)20(18,19)16(10-11-17)13-4-2-1-3-5-13/h1-9,17H,10-11,15H2. The SMILES string of the molecule is Nc1ccc(S(=O)(=O)N(CCO)c2ccccc2)cc1. The molecule has 0 radical (unpaired) electrons. The lowest BCUT2D eigenvalue weighted by atomic mass is 10.3. The molecule has 0 amide bonds. The molecule has 0 heterocycles. The number of nitrogens with two attached hydrogens (primary N) is 1. The Labute approximate surface area is 118 Å². The number of nitrogens with zero attached hydrogens (tertiary/aromatic N) is 1. The minimum atomic E-state index is -3.72. The zero-order chi connectivity index (χ0) is 14.6. The van der Waals surface area contributed by atoms with Gasteiger partial charge in [-0.3, -0.25) is 4.31 Å². The summed E-state index contributed by atoms with van der Waals surface area (Å²) in [6, 6.07) is 14.7. The molecule has 0 aliphatic rings. The molecular weight excluding hydrogens is 276 g/mol. The first kappa shape index (κ1) is 14.4. The van der Waals surface area contributed by atoms with Crippen LogP contribution in [-0.4, -0.2) is 26.7 Å². The van der Waals surface area contributed by atoms with Crippen LogP contribution in [0.5, 0.6) is 0 Å². The Morgan fingerprint density at radius 2 is 1.60 bits per heavy atom. The molecule has 106 valence electrons. The molecule has 2 aromatic carbocycles. The van der Waals surface area contributed by atoms with E-state index in [-0.39, 0.29) is 18.0 Å². The molecule has 0 bridgehead atoms. The summed E-state index contributed by atoms with van der Waals surface area (Å²) in [6.07, 6.45) is 0. The van der Waals surface area contributed by atoms with E-state index in [0.29, 0.717) is 11.4 Å². The number of sulfonamides is 1. The molecule has 3 N–H and O–H groups in total. The fourth-order valence-corrected chi connectivity index (χ4v) is 3.30. The summed E-state index contributed by atoms with van der Waals surface area (Å²) in [6.45, 7) is -0.264. The monoisotopic (exact) mass is 292 g/mol. The van der Waals surface area contributed by atoms with Crippen LogP contribution in [0.1, 0.15) is 0 Å². The van der Waals surface area contributed by atoms with Crippen LogP contribution in [-0.2, 0) is 10.0 Å². The molecule has 6 heteroatoms. The van der Waals surface area contributed by atoms with E-state index in [4.69, 9.17) is 10.8 Å². The van der Waals surface area contributed by atoms with E-state index in [2.05, 4.69) is 0 Å². The molecule has 0 saturated heterocycles. The predicted molar refractivity (Wildman–Crippen MR) is 78.9 cm³/mol. The third-order valence-electron chi connectivity index (χ3n) is 2.82. The van der Waals surface area contributed by atoms with Crippen LogP contribution < -0.4 is 10.0 Å². The van der Waals surface area contributed by atoms with Crippen molar-refractivity contribution in [2.24, 2.45) is 0 Å². The maximum Gasteiger partial charge on any atom is 0.264 e. The van der Waals surface area contributed by atoms with Gasteiger partial charge in [0.1, 0.15) is 0 Å². The summed E-state index contributed by atoms with van der Waals surface area (Å²) in [5.41, 5.74) is 6.58. The van der Waals surface area contributed by atoms with Crippen molar-refractivity contribution in [3.63, 3.8) is 0 Å². The highest BCUT2D eigenvalue weighted by atomic mass is 32.2. The molecule has 2 rings (SSSR count). The quantitative estimate of drug-likeness (QED) is 0.817. The fourth-order valence-electron chi connectivity index (χ4n) is 1.84. The smallest absolute Gasteiger partial charge is 0.264 e. The maximum absolute atomic E-state index is 12.6. The van der Waals surface area contributed by atoms with Gasteiger partial charge in [0, 0.05) is 5.69 Å². The minimum Gasteiger partial charge on any atom is -0.399 e. The Balaban J connectivity index is 2.45. The molecule has 0 fully saturated rings. The van der Waals surface area contributed by atoms with E-state index < -0.39 is 10.0 Å². The second kappa shape index (κ2) is 5.94. The van der Waals surface area contributed by atoms with Gasteiger partial charge in [-0.2, -0.15) is 0 Å². The Hall–Kier alpha value is -2.05. The lowest BCUT2D eigenvalue weighted by molar-refractivity contribution is 0.306. The third kappa shape index (κ3) is 2.92. The second-order valence-corrected chi connectivity index (χ2v) is 6.07. The molecule has 0 unspecified atom stereocenters. The summed E-state index contributed by atoms with van der Waals surface area (Å²) >= 11 is 0. The van der Waals surface area contributed by atoms with Crippen molar-refractivity contribution in [3.05, 3.63) is 54.6 Å². The highest BCUT2D eigenvalue weighted by Gasteiger charge is 2.24. The number of hydrogen-bond acceptors (Lipinski definition) is 4. The fraction of sp³-hybridized carbons (Fsp3) is 0.143. The van der Waals surface area contributed by atoms with Gasteiger partial charge in [0.2, 0.25) is 0 Å². The molecule has 20 heavy (non-hydrogen) atoms. The molecule has 0 saturated carbocycles. The van der Waals surface area contributed by atoms with Crippen LogP contribution in [0, 0.1) is 0 Å². The molecule has 0 atom stereocenters. The number of anilines is 2. The van der Waals surface area contributed by atoms with Crippen LogP contribution in [0.4, 0.5) is 11.4 Å². The first-order chi connectivity index (χ1) is 9.55. The van der Waals surface area contributed by atoms with Crippen LogP contribution >= 0.6 is 0 Å². The largest absolute Gasteiger partial charge is 0.399 e. The van der Waals surface area contributed by atoms with Crippen LogP contribution in [0.2, 0.25) is 0 Å². The predicted octanol–water partition coefficient (Wildman–Crippen LogP) is 1.46. The first-order valence-electron chi connectivity index (χ1n) is 6.10. The summed E-state index contributed by atoms with van der Waals surface area (Å²) < 4.78 is 26.4. The number of para-hydroxylation sites is 1.